The number of nitrogens with zero attached hydrogens (tertiary/aromatic N) is 2. The predicted molar refractivity (Wildman–Crippen MR) is 93.8 cm³/mol. The van der Waals surface area contributed by atoms with Gasteiger partial charge >= 0.3 is 0 Å². The van der Waals surface area contributed by atoms with Crippen molar-refractivity contribution >= 4 is 11.7 Å². The van der Waals surface area contributed by atoms with Gasteiger partial charge in [-0.05, 0) is 38.2 Å². The number of hydrogen-bond donors (Lipinski definition) is 2. The Kier molecular flexibility index (Phi) is 6.56. The third-order valence-electron chi connectivity index (χ3n) is 3.43. The van der Waals surface area contributed by atoms with E-state index in [1.807, 2.05) is 43.3 Å². The van der Waals surface area contributed by atoms with Crippen LogP contribution in [0.5, 0.6) is 0 Å². The van der Waals surface area contributed by atoms with E-state index in [0.717, 1.165) is 25.3 Å². The Morgan fingerprint density at radius 3 is 2.52 bits per heavy atom. The molecule has 0 fully saturated rings. The SMILES string of the molecule is CN(C)CCNC(=O)c1ccc(NCCc2ccccc2)nc1. The summed E-state index contributed by atoms with van der Waals surface area (Å²) in [5.41, 5.74) is 1.87. The molecule has 0 atom stereocenters. The largest absolute Gasteiger partial charge is 0.370 e. The lowest BCUT2D eigenvalue weighted by Gasteiger charge is -2.10. The van der Waals surface area contributed by atoms with Crippen LogP contribution in [-0.2, 0) is 6.42 Å². The number of aromatic nitrogens is 1. The molecule has 2 aromatic rings. The highest BCUT2D eigenvalue weighted by Crippen LogP contribution is 2.06. The molecular formula is C18H24N4O. The highest BCUT2D eigenvalue weighted by molar-refractivity contribution is 5.94. The molecule has 0 unspecified atom stereocenters. The normalized spacial score (nSPS) is 10.6. The molecule has 5 heteroatoms. The van der Waals surface area contributed by atoms with Gasteiger partial charge in [-0.15, -0.1) is 0 Å². The molecule has 0 radical (unpaired) electrons. The van der Waals surface area contributed by atoms with Crippen molar-refractivity contribution in [3.05, 3.63) is 59.8 Å². The lowest BCUT2D eigenvalue weighted by Crippen LogP contribution is -2.31. The number of benzene rings is 1. The number of carbonyl (C=O) groups excluding carboxylic acids is 1. The van der Waals surface area contributed by atoms with Crippen molar-refractivity contribution in [2.45, 2.75) is 6.42 Å². The third kappa shape index (κ3) is 6.08. The van der Waals surface area contributed by atoms with Gasteiger partial charge < -0.3 is 15.5 Å². The topological polar surface area (TPSA) is 57.3 Å². The van der Waals surface area contributed by atoms with Crippen molar-refractivity contribution in [1.82, 2.24) is 15.2 Å². The summed E-state index contributed by atoms with van der Waals surface area (Å²) in [6, 6.07) is 13.9. The quantitative estimate of drug-likeness (QED) is 0.783. The van der Waals surface area contributed by atoms with Crippen LogP contribution in [0.1, 0.15) is 15.9 Å². The maximum absolute atomic E-state index is 11.9. The number of carbonyl (C=O) groups is 1. The molecule has 1 aromatic carbocycles. The fourth-order valence-corrected chi connectivity index (χ4v) is 2.11. The first kappa shape index (κ1) is 17.0. The first-order valence-electron chi connectivity index (χ1n) is 7.82. The number of anilines is 1. The summed E-state index contributed by atoms with van der Waals surface area (Å²) >= 11 is 0. The highest BCUT2D eigenvalue weighted by Gasteiger charge is 2.05. The van der Waals surface area contributed by atoms with Gasteiger partial charge in [0, 0.05) is 25.8 Å². The number of pyridine rings is 1. The fraction of sp³-hybridized carbons (Fsp3) is 0.333. The van der Waals surface area contributed by atoms with Gasteiger partial charge in [0.15, 0.2) is 0 Å². The molecule has 1 aromatic heterocycles. The van der Waals surface area contributed by atoms with Crippen molar-refractivity contribution in [2.24, 2.45) is 0 Å². The van der Waals surface area contributed by atoms with E-state index in [0.29, 0.717) is 12.1 Å². The molecule has 0 aliphatic heterocycles. The van der Waals surface area contributed by atoms with Gasteiger partial charge in [0.05, 0.1) is 5.56 Å². The Morgan fingerprint density at radius 2 is 1.87 bits per heavy atom. The number of nitrogens with one attached hydrogen (secondary N) is 2. The summed E-state index contributed by atoms with van der Waals surface area (Å²) in [7, 11) is 3.95. The van der Waals surface area contributed by atoms with E-state index in [2.05, 4.69) is 27.8 Å². The Morgan fingerprint density at radius 1 is 1.09 bits per heavy atom. The van der Waals surface area contributed by atoms with Crippen LogP contribution in [-0.4, -0.2) is 49.5 Å². The lowest BCUT2D eigenvalue weighted by molar-refractivity contribution is 0.0950. The van der Waals surface area contributed by atoms with Crippen molar-refractivity contribution in [2.75, 3.05) is 39.0 Å². The van der Waals surface area contributed by atoms with E-state index < -0.39 is 0 Å². The first-order chi connectivity index (χ1) is 11.1. The molecule has 0 aliphatic rings. The Hall–Kier alpha value is -2.40. The maximum atomic E-state index is 11.9. The molecule has 2 N–H and O–H groups in total. The molecular weight excluding hydrogens is 288 g/mol. The molecule has 0 saturated carbocycles. The molecule has 23 heavy (non-hydrogen) atoms. The predicted octanol–water partition coefficient (Wildman–Crippen LogP) is 2.03. The molecule has 5 nitrogen and oxygen atoms in total. The van der Waals surface area contributed by atoms with Gasteiger partial charge in [-0.25, -0.2) is 4.98 Å². The molecule has 2 rings (SSSR count). The Bertz CT molecular complexity index is 596. The minimum atomic E-state index is -0.0878. The van der Waals surface area contributed by atoms with Gasteiger partial charge in [0.2, 0.25) is 0 Å². The summed E-state index contributed by atoms with van der Waals surface area (Å²) in [6.45, 7) is 2.26. The van der Waals surface area contributed by atoms with E-state index in [4.69, 9.17) is 0 Å². The second-order valence-electron chi connectivity index (χ2n) is 5.65. The Balaban J connectivity index is 1.76. The van der Waals surface area contributed by atoms with Crippen LogP contribution in [0.15, 0.2) is 48.7 Å². The second-order valence-corrected chi connectivity index (χ2v) is 5.65. The zero-order valence-corrected chi connectivity index (χ0v) is 13.7. The van der Waals surface area contributed by atoms with Crippen LogP contribution in [0.25, 0.3) is 0 Å². The van der Waals surface area contributed by atoms with Crippen LogP contribution in [0.4, 0.5) is 5.82 Å². The molecule has 0 spiro atoms. The van der Waals surface area contributed by atoms with Crippen LogP contribution in [0, 0.1) is 0 Å². The van der Waals surface area contributed by atoms with Gasteiger partial charge in [0.25, 0.3) is 5.91 Å². The molecule has 0 aliphatic carbocycles. The van der Waals surface area contributed by atoms with Crippen molar-refractivity contribution in [3.8, 4) is 0 Å². The summed E-state index contributed by atoms with van der Waals surface area (Å²) in [5, 5.41) is 6.14. The average molecular weight is 312 g/mol. The highest BCUT2D eigenvalue weighted by atomic mass is 16.1. The van der Waals surface area contributed by atoms with E-state index in [1.54, 1.807) is 12.3 Å². The van der Waals surface area contributed by atoms with Crippen molar-refractivity contribution in [3.63, 3.8) is 0 Å². The molecule has 122 valence electrons. The van der Waals surface area contributed by atoms with Gasteiger partial charge in [-0.3, -0.25) is 4.79 Å². The van der Waals surface area contributed by atoms with Crippen molar-refractivity contribution < 1.29 is 4.79 Å². The summed E-state index contributed by atoms with van der Waals surface area (Å²) in [5.74, 6) is 0.695. The summed E-state index contributed by atoms with van der Waals surface area (Å²) < 4.78 is 0. The second kappa shape index (κ2) is 8.90. The van der Waals surface area contributed by atoms with E-state index in [9.17, 15) is 4.79 Å². The van der Waals surface area contributed by atoms with E-state index in [1.165, 1.54) is 5.56 Å². The molecule has 0 bridgehead atoms. The van der Waals surface area contributed by atoms with Crippen LogP contribution >= 0.6 is 0 Å². The minimum Gasteiger partial charge on any atom is -0.370 e. The van der Waals surface area contributed by atoms with Crippen LogP contribution in [0.3, 0.4) is 0 Å². The molecule has 1 amide bonds. The zero-order chi connectivity index (χ0) is 16.5. The summed E-state index contributed by atoms with van der Waals surface area (Å²) in [4.78, 5) is 18.3. The maximum Gasteiger partial charge on any atom is 0.252 e. The monoisotopic (exact) mass is 312 g/mol. The minimum absolute atomic E-state index is 0.0878. The van der Waals surface area contributed by atoms with Crippen LogP contribution < -0.4 is 10.6 Å². The Labute approximate surface area is 137 Å². The third-order valence-corrected chi connectivity index (χ3v) is 3.43. The molecule has 1 heterocycles. The number of amides is 1. The summed E-state index contributed by atoms with van der Waals surface area (Å²) in [6.07, 6.45) is 2.55. The van der Waals surface area contributed by atoms with Gasteiger partial charge in [-0.1, -0.05) is 30.3 Å². The van der Waals surface area contributed by atoms with Crippen molar-refractivity contribution in [1.29, 1.82) is 0 Å². The van der Waals surface area contributed by atoms with E-state index in [-0.39, 0.29) is 5.91 Å². The average Bonchev–Trinajstić information content (AvgIpc) is 2.56. The van der Waals surface area contributed by atoms with Gasteiger partial charge in [-0.2, -0.15) is 0 Å². The number of likely N-dealkylation sites (N-methyl/N-ethyl adjacent to an activating group) is 1. The molecule has 0 saturated heterocycles. The lowest BCUT2D eigenvalue weighted by atomic mass is 10.1. The standard InChI is InChI=1S/C18H24N4O/c1-22(2)13-12-20-18(23)16-8-9-17(21-14-16)19-11-10-15-6-4-3-5-7-15/h3-9,14H,10-13H2,1-2H3,(H,19,21)(H,20,23). The smallest absolute Gasteiger partial charge is 0.252 e. The number of rotatable bonds is 8. The van der Waals surface area contributed by atoms with Gasteiger partial charge in [0.1, 0.15) is 5.82 Å². The first-order valence-corrected chi connectivity index (χ1v) is 7.82. The van der Waals surface area contributed by atoms with E-state index >= 15 is 0 Å². The fourth-order valence-electron chi connectivity index (χ4n) is 2.11. The van der Waals surface area contributed by atoms with Crippen LogP contribution in [0.2, 0.25) is 0 Å². The number of hydrogen-bond acceptors (Lipinski definition) is 4. The zero-order valence-electron chi connectivity index (χ0n) is 13.7.